The first-order chi connectivity index (χ1) is 10.5. The minimum atomic E-state index is 0.0806. The van der Waals surface area contributed by atoms with Crippen molar-refractivity contribution in [2.24, 2.45) is 7.05 Å². The van der Waals surface area contributed by atoms with Crippen LogP contribution >= 0.6 is 0 Å². The predicted octanol–water partition coefficient (Wildman–Crippen LogP) is 1.08. The third-order valence-corrected chi connectivity index (χ3v) is 4.08. The molecule has 0 aromatic carbocycles. The number of anilines is 1. The number of amides is 2. The highest BCUT2D eigenvalue weighted by Crippen LogP contribution is 2.27. The Kier molecular flexibility index (Phi) is 3.64. The number of aryl methyl sites for hydroxylation is 2. The lowest BCUT2D eigenvalue weighted by Crippen LogP contribution is -2.51. The maximum atomic E-state index is 12.0. The predicted molar refractivity (Wildman–Crippen MR) is 86.1 cm³/mol. The molecule has 2 aromatic rings. The standard InChI is InChI=1S/C15H22N6O/c1-11-9-13(12-10-16-19(4)14(12)17-11)20-5-7-21(8-6-20)15(22)18(2)3/h9-10H,5-8H2,1-4H3. The first-order valence-corrected chi connectivity index (χ1v) is 7.48. The van der Waals surface area contributed by atoms with Crippen LogP contribution in [0.5, 0.6) is 0 Å². The number of piperazine rings is 1. The fourth-order valence-corrected chi connectivity index (χ4v) is 2.90. The fraction of sp³-hybridized carbons (Fsp3) is 0.533. The van der Waals surface area contributed by atoms with E-state index < -0.39 is 0 Å². The van der Waals surface area contributed by atoms with Crippen LogP contribution in [0, 0.1) is 6.92 Å². The second-order valence-electron chi connectivity index (χ2n) is 5.94. The lowest BCUT2D eigenvalue weighted by Gasteiger charge is -2.37. The molecule has 2 aromatic heterocycles. The molecule has 0 radical (unpaired) electrons. The van der Waals surface area contributed by atoms with Gasteiger partial charge in [0.05, 0.1) is 17.3 Å². The van der Waals surface area contributed by atoms with Gasteiger partial charge < -0.3 is 14.7 Å². The van der Waals surface area contributed by atoms with Crippen molar-refractivity contribution in [3.8, 4) is 0 Å². The molecule has 22 heavy (non-hydrogen) atoms. The van der Waals surface area contributed by atoms with Crippen molar-refractivity contribution < 1.29 is 4.79 Å². The Hall–Kier alpha value is -2.31. The van der Waals surface area contributed by atoms with E-state index in [1.807, 2.05) is 25.1 Å². The third-order valence-electron chi connectivity index (χ3n) is 4.08. The van der Waals surface area contributed by atoms with E-state index in [2.05, 4.69) is 21.0 Å². The smallest absolute Gasteiger partial charge is 0.319 e. The largest absolute Gasteiger partial charge is 0.367 e. The number of aromatic nitrogens is 3. The summed E-state index contributed by atoms with van der Waals surface area (Å²) in [5.74, 6) is 0. The van der Waals surface area contributed by atoms with E-state index in [-0.39, 0.29) is 6.03 Å². The third kappa shape index (κ3) is 2.47. The van der Waals surface area contributed by atoms with Gasteiger partial charge in [-0.3, -0.25) is 4.68 Å². The first kappa shape index (κ1) is 14.6. The topological polar surface area (TPSA) is 57.5 Å². The molecule has 1 aliphatic heterocycles. The molecule has 0 aliphatic carbocycles. The Morgan fingerprint density at radius 3 is 2.55 bits per heavy atom. The highest BCUT2D eigenvalue weighted by atomic mass is 16.2. The second-order valence-corrected chi connectivity index (χ2v) is 5.94. The molecule has 0 unspecified atom stereocenters. The van der Waals surface area contributed by atoms with E-state index in [4.69, 9.17) is 0 Å². The lowest BCUT2D eigenvalue weighted by atomic mass is 10.2. The molecule has 7 nitrogen and oxygen atoms in total. The van der Waals surface area contributed by atoms with Crippen molar-refractivity contribution in [3.63, 3.8) is 0 Å². The summed E-state index contributed by atoms with van der Waals surface area (Å²) in [7, 11) is 5.49. The van der Waals surface area contributed by atoms with Gasteiger partial charge in [-0.1, -0.05) is 0 Å². The average Bonchev–Trinajstić information content (AvgIpc) is 2.87. The van der Waals surface area contributed by atoms with E-state index in [9.17, 15) is 4.79 Å². The van der Waals surface area contributed by atoms with E-state index in [1.54, 1.807) is 23.7 Å². The molecule has 3 rings (SSSR count). The maximum Gasteiger partial charge on any atom is 0.319 e. The molecule has 1 saturated heterocycles. The van der Waals surface area contributed by atoms with Gasteiger partial charge in [0.1, 0.15) is 0 Å². The highest BCUT2D eigenvalue weighted by molar-refractivity contribution is 5.89. The van der Waals surface area contributed by atoms with Crippen molar-refractivity contribution in [1.29, 1.82) is 0 Å². The van der Waals surface area contributed by atoms with Gasteiger partial charge in [-0.2, -0.15) is 5.10 Å². The van der Waals surface area contributed by atoms with Crippen molar-refractivity contribution in [3.05, 3.63) is 18.0 Å². The first-order valence-electron chi connectivity index (χ1n) is 7.48. The SMILES string of the molecule is Cc1cc(N2CCN(C(=O)N(C)C)CC2)c2cnn(C)c2n1. The number of hydrogen-bond donors (Lipinski definition) is 0. The summed E-state index contributed by atoms with van der Waals surface area (Å²) in [5, 5.41) is 5.38. The summed E-state index contributed by atoms with van der Waals surface area (Å²) in [4.78, 5) is 22.4. The van der Waals surface area contributed by atoms with Gasteiger partial charge >= 0.3 is 6.03 Å². The van der Waals surface area contributed by atoms with Crippen LogP contribution in [-0.4, -0.2) is 70.9 Å². The van der Waals surface area contributed by atoms with Gasteiger partial charge in [0, 0.05) is 53.0 Å². The Morgan fingerprint density at radius 1 is 1.23 bits per heavy atom. The van der Waals surface area contributed by atoms with Crippen LogP contribution in [0.25, 0.3) is 11.0 Å². The van der Waals surface area contributed by atoms with Crippen LogP contribution in [0.1, 0.15) is 5.69 Å². The highest BCUT2D eigenvalue weighted by Gasteiger charge is 2.24. The number of carbonyl (C=O) groups is 1. The molecule has 0 atom stereocenters. The molecule has 7 heteroatoms. The summed E-state index contributed by atoms with van der Waals surface area (Å²) in [5.41, 5.74) is 3.05. The lowest BCUT2D eigenvalue weighted by molar-refractivity contribution is 0.168. The van der Waals surface area contributed by atoms with Gasteiger partial charge in [-0.25, -0.2) is 9.78 Å². The number of urea groups is 1. The van der Waals surface area contributed by atoms with Crippen LogP contribution in [0.15, 0.2) is 12.3 Å². The van der Waals surface area contributed by atoms with Crippen molar-refractivity contribution in [1.82, 2.24) is 24.6 Å². The molecular formula is C15H22N6O. The summed E-state index contributed by atoms with van der Waals surface area (Å²) in [6.07, 6.45) is 1.87. The molecule has 0 N–H and O–H groups in total. The zero-order valence-corrected chi connectivity index (χ0v) is 13.6. The molecule has 0 bridgehead atoms. The van der Waals surface area contributed by atoms with Crippen LogP contribution in [0.2, 0.25) is 0 Å². The maximum absolute atomic E-state index is 12.0. The summed E-state index contributed by atoms with van der Waals surface area (Å²) in [6, 6.07) is 2.19. The fourth-order valence-electron chi connectivity index (χ4n) is 2.90. The molecule has 1 aliphatic rings. The molecule has 1 fully saturated rings. The van der Waals surface area contributed by atoms with E-state index in [0.29, 0.717) is 0 Å². The Morgan fingerprint density at radius 2 is 1.91 bits per heavy atom. The number of carbonyl (C=O) groups excluding carboxylic acids is 1. The number of pyridine rings is 1. The van der Waals surface area contributed by atoms with Crippen LogP contribution in [-0.2, 0) is 7.05 Å². The van der Waals surface area contributed by atoms with Gasteiger partial charge in [-0.05, 0) is 13.0 Å². The minimum absolute atomic E-state index is 0.0806. The van der Waals surface area contributed by atoms with Gasteiger partial charge in [0.25, 0.3) is 0 Å². The molecular weight excluding hydrogens is 280 g/mol. The number of hydrogen-bond acceptors (Lipinski definition) is 4. The van der Waals surface area contributed by atoms with Crippen molar-refractivity contribution in [2.75, 3.05) is 45.2 Å². The van der Waals surface area contributed by atoms with Gasteiger partial charge in [0.15, 0.2) is 5.65 Å². The van der Waals surface area contributed by atoms with E-state index in [0.717, 1.165) is 48.6 Å². The van der Waals surface area contributed by atoms with Crippen molar-refractivity contribution >= 4 is 22.8 Å². The molecule has 2 amide bonds. The van der Waals surface area contributed by atoms with Crippen molar-refractivity contribution in [2.45, 2.75) is 6.92 Å². The average molecular weight is 302 g/mol. The Balaban J connectivity index is 1.84. The Bertz CT molecular complexity index is 699. The summed E-state index contributed by atoms with van der Waals surface area (Å²) >= 11 is 0. The van der Waals surface area contributed by atoms with Gasteiger partial charge in [0.2, 0.25) is 0 Å². The number of nitrogens with zero attached hydrogens (tertiary/aromatic N) is 6. The number of rotatable bonds is 1. The minimum Gasteiger partial charge on any atom is -0.367 e. The van der Waals surface area contributed by atoms with Gasteiger partial charge in [-0.15, -0.1) is 0 Å². The van der Waals surface area contributed by atoms with E-state index >= 15 is 0 Å². The zero-order chi connectivity index (χ0) is 15.9. The molecule has 3 heterocycles. The molecule has 0 spiro atoms. The zero-order valence-electron chi connectivity index (χ0n) is 13.6. The second kappa shape index (κ2) is 5.47. The van der Waals surface area contributed by atoms with E-state index in [1.165, 1.54) is 0 Å². The van der Waals surface area contributed by atoms with Crippen LogP contribution < -0.4 is 4.90 Å². The summed E-state index contributed by atoms with van der Waals surface area (Å²) < 4.78 is 1.80. The molecule has 118 valence electrons. The summed E-state index contributed by atoms with van der Waals surface area (Å²) in [6.45, 7) is 5.13. The number of fused-ring (bicyclic) bond motifs is 1. The van der Waals surface area contributed by atoms with Crippen LogP contribution in [0.3, 0.4) is 0 Å². The molecule has 0 saturated carbocycles. The Labute approximate surface area is 130 Å². The monoisotopic (exact) mass is 302 g/mol. The normalized spacial score (nSPS) is 15.5. The quantitative estimate of drug-likeness (QED) is 0.791. The van der Waals surface area contributed by atoms with Crippen LogP contribution in [0.4, 0.5) is 10.5 Å².